The number of hydrogen-bond donors (Lipinski definition) is 0. The van der Waals surface area contributed by atoms with Crippen molar-refractivity contribution in [2.24, 2.45) is 0 Å². The fourth-order valence-corrected chi connectivity index (χ4v) is 5.45. The topological polar surface area (TPSA) is 93.7 Å². The molecule has 3 heterocycles. The molecule has 10 heteroatoms. The first-order chi connectivity index (χ1) is 14.8. The molecule has 4 rings (SSSR count). The first-order valence-electron chi connectivity index (χ1n) is 10.5. The van der Waals surface area contributed by atoms with Crippen molar-refractivity contribution < 1.29 is 17.7 Å². The summed E-state index contributed by atoms with van der Waals surface area (Å²) in [6.45, 7) is 9.60. The van der Waals surface area contributed by atoms with Gasteiger partial charge in [-0.1, -0.05) is 5.16 Å². The van der Waals surface area contributed by atoms with Crippen molar-refractivity contribution in [2.75, 3.05) is 33.4 Å². The predicted molar refractivity (Wildman–Crippen MR) is 116 cm³/mol. The Morgan fingerprint density at radius 3 is 2.55 bits per heavy atom. The highest BCUT2D eigenvalue weighted by Crippen LogP contribution is 2.24. The van der Waals surface area contributed by atoms with Gasteiger partial charge in [-0.25, -0.2) is 13.4 Å². The average Bonchev–Trinajstić information content (AvgIpc) is 3.27. The molecule has 0 radical (unpaired) electrons. The number of aryl methyl sites for hydroxylation is 3. The molecule has 1 saturated heterocycles. The van der Waals surface area contributed by atoms with E-state index in [9.17, 15) is 8.42 Å². The zero-order chi connectivity index (χ0) is 22.2. The number of morpholine rings is 1. The van der Waals surface area contributed by atoms with Crippen LogP contribution < -0.4 is 0 Å². The number of fused-ring (bicyclic) bond motifs is 1. The standard InChI is InChI=1S/C21H29N5O4S/c1-5-26-20-7-6-17(31(27,28)25-8-10-29-11-9-25)12-19(20)22-21(26)14-24(4)13-18-15(2)23-30-16(18)3/h6-7,12H,5,8-11,13-14H2,1-4H3. The van der Waals surface area contributed by atoms with Crippen molar-refractivity contribution >= 4 is 21.1 Å². The number of ether oxygens (including phenoxy) is 1. The highest BCUT2D eigenvalue weighted by Gasteiger charge is 2.27. The molecule has 168 valence electrons. The fraction of sp³-hybridized carbons (Fsp3) is 0.524. The number of nitrogens with zero attached hydrogens (tertiary/aromatic N) is 5. The van der Waals surface area contributed by atoms with Crippen LogP contribution in [0.4, 0.5) is 0 Å². The zero-order valence-electron chi connectivity index (χ0n) is 18.5. The minimum atomic E-state index is -3.55. The Morgan fingerprint density at radius 1 is 1.16 bits per heavy atom. The molecule has 1 fully saturated rings. The minimum absolute atomic E-state index is 0.276. The molecule has 9 nitrogen and oxygen atoms in total. The molecule has 1 aliphatic rings. The van der Waals surface area contributed by atoms with E-state index in [1.54, 1.807) is 12.1 Å². The summed E-state index contributed by atoms with van der Waals surface area (Å²) >= 11 is 0. The van der Waals surface area contributed by atoms with Gasteiger partial charge in [0.1, 0.15) is 11.6 Å². The molecular formula is C21H29N5O4S. The Hall–Kier alpha value is -2.27. The van der Waals surface area contributed by atoms with Crippen molar-refractivity contribution in [3.63, 3.8) is 0 Å². The third-order valence-electron chi connectivity index (χ3n) is 5.74. The number of imidazole rings is 1. The van der Waals surface area contributed by atoms with Crippen LogP contribution in [0.15, 0.2) is 27.6 Å². The molecule has 0 amide bonds. The molecule has 2 aromatic heterocycles. The lowest BCUT2D eigenvalue weighted by atomic mass is 10.2. The van der Waals surface area contributed by atoms with Crippen molar-refractivity contribution in [2.45, 2.75) is 45.3 Å². The Morgan fingerprint density at radius 2 is 1.90 bits per heavy atom. The van der Waals surface area contributed by atoms with E-state index in [0.717, 1.165) is 34.9 Å². The Labute approximate surface area is 182 Å². The largest absolute Gasteiger partial charge is 0.379 e. The molecule has 0 saturated carbocycles. The van der Waals surface area contributed by atoms with Gasteiger partial charge in [0.15, 0.2) is 0 Å². The summed E-state index contributed by atoms with van der Waals surface area (Å²) in [5, 5.41) is 4.02. The van der Waals surface area contributed by atoms with Crippen molar-refractivity contribution in [3.05, 3.63) is 41.0 Å². The van der Waals surface area contributed by atoms with E-state index in [2.05, 4.69) is 21.5 Å². The molecule has 3 aromatic rings. The minimum Gasteiger partial charge on any atom is -0.379 e. The lowest BCUT2D eigenvalue weighted by Gasteiger charge is -2.26. The molecule has 0 bridgehead atoms. The van der Waals surface area contributed by atoms with Crippen LogP contribution in [-0.2, 0) is 34.4 Å². The van der Waals surface area contributed by atoms with Crippen LogP contribution in [0.3, 0.4) is 0 Å². The van der Waals surface area contributed by atoms with Crippen LogP contribution in [0.1, 0.15) is 29.8 Å². The van der Waals surface area contributed by atoms with E-state index in [-0.39, 0.29) is 4.90 Å². The van der Waals surface area contributed by atoms with Gasteiger partial charge in [0, 0.05) is 31.7 Å². The van der Waals surface area contributed by atoms with Crippen LogP contribution in [0.5, 0.6) is 0 Å². The summed E-state index contributed by atoms with van der Waals surface area (Å²) in [5.74, 6) is 1.72. The maximum atomic E-state index is 13.0. The highest BCUT2D eigenvalue weighted by molar-refractivity contribution is 7.89. The first kappa shape index (κ1) is 21.9. The SMILES string of the molecule is CCn1c(CN(C)Cc2c(C)noc2C)nc2cc(S(=O)(=O)N3CCOCC3)ccc21. The fourth-order valence-electron chi connectivity index (χ4n) is 4.02. The Balaban J connectivity index is 1.61. The first-order valence-corrected chi connectivity index (χ1v) is 11.9. The van der Waals surface area contributed by atoms with E-state index in [4.69, 9.17) is 14.2 Å². The monoisotopic (exact) mass is 447 g/mol. The van der Waals surface area contributed by atoms with Gasteiger partial charge in [0.25, 0.3) is 0 Å². The summed E-state index contributed by atoms with van der Waals surface area (Å²) in [4.78, 5) is 7.23. The van der Waals surface area contributed by atoms with Gasteiger partial charge >= 0.3 is 0 Å². The van der Waals surface area contributed by atoms with Gasteiger partial charge in [-0.05, 0) is 46.0 Å². The summed E-state index contributed by atoms with van der Waals surface area (Å²) in [5.41, 5.74) is 3.60. The van der Waals surface area contributed by atoms with Crippen molar-refractivity contribution in [1.29, 1.82) is 0 Å². The molecule has 0 unspecified atom stereocenters. The smallest absolute Gasteiger partial charge is 0.243 e. The molecule has 0 N–H and O–H groups in total. The van der Waals surface area contributed by atoms with E-state index in [0.29, 0.717) is 44.9 Å². The van der Waals surface area contributed by atoms with Crippen LogP contribution in [0, 0.1) is 13.8 Å². The van der Waals surface area contributed by atoms with Crippen LogP contribution in [-0.4, -0.2) is 65.7 Å². The highest BCUT2D eigenvalue weighted by atomic mass is 32.2. The summed E-state index contributed by atoms with van der Waals surface area (Å²) in [7, 11) is -1.53. The van der Waals surface area contributed by atoms with Gasteiger partial charge in [-0.2, -0.15) is 4.31 Å². The number of aromatic nitrogens is 3. The number of rotatable bonds is 7. The molecule has 0 spiro atoms. The number of benzene rings is 1. The van der Waals surface area contributed by atoms with E-state index in [1.165, 1.54) is 4.31 Å². The van der Waals surface area contributed by atoms with Crippen molar-refractivity contribution in [3.8, 4) is 0 Å². The summed E-state index contributed by atoms with van der Waals surface area (Å²) in [6.07, 6.45) is 0. The Bertz CT molecular complexity index is 1160. The van der Waals surface area contributed by atoms with Gasteiger partial charge in [0.05, 0.1) is 41.4 Å². The molecule has 1 aromatic carbocycles. The van der Waals surface area contributed by atoms with E-state index < -0.39 is 10.0 Å². The molecule has 31 heavy (non-hydrogen) atoms. The predicted octanol–water partition coefficient (Wildman–Crippen LogP) is 2.31. The lowest BCUT2D eigenvalue weighted by Crippen LogP contribution is -2.40. The third kappa shape index (κ3) is 4.25. The lowest BCUT2D eigenvalue weighted by molar-refractivity contribution is 0.0730. The van der Waals surface area contributed by atoms with E-state index in [1.807, 2.05) is 27.0 Å². The van der Waals surface area contributed by atoms with Crippen LogP contribution in [0.25, 0.3) is 11.0 Å². The van der Waals surface area contributed by atoms with Crippen LogP contribution in [0.2, 0.25) is 0 Å². The molecule has 0 aliphatic carbocycles. The maximum absolute atomic E-state index is 13.0. The molecular weight excluding hydrogens is 418 g/mol. The average molecular weight is 448 g/mol. The van der Waals surface area contributed by atoms with Gasteiger partial charge < -0.3 is 13.8 Å². The van der Waals surface area contributed by atoms with Crippen molar-refractivity contribution in [1.82, 2.24) is 23.9 Å². The van der Waals surface area contributed by atoms with Gasteiger partial charge in [-0.15, -0.1) is 0 Å². The van der Waals surface area contributed by atoms with Gasteiger partial charge in [0.2, 0.25) is 10.0 Å². The summed E-state index contributed by atoms with van der Waals surface area (Å²) < 4.78 is 40.2. The second-order valence-electron chi connectivity index (χ2n) is 7.91. The van der Waals surface area contributed by atoms with Crippen LogP contribution >= 0.6 is 0 Å². The number of sulfonamides is 1. The van der Waals surface area contributed by atoms with Gasteiger partial charge in [-0.3, -0.25) is 4.90 Å². The maximum Gasteiger partial charge on any atom is 0.243 e. The Kier molecular flexibility index (Phi) is 6.16. The molecule has 0 atom stereocenters. The summed E-state index contributed by atoms with van der Waals surface area (Å²) in [6, 6.07) is 5.22. The second-order valence-corrected chi connectivity index (χ2v) is 9.85. The quantitative estimate of drug-likeness (QED) is 0.549. The third-order valence-corrected chi connectivity index (χ3v) is 7.64. The number of hydrogen-bond acceptors (Lipinski definition) is 7. The zero-order valence-corrected chi connectivity index (χ0v) is 19.3. The second kappa shape index (κ2) is 8.70. The normalized spacial score (nSPS) is 15.9. The van der Waals surface area contributed by atoms with E-state index >= 15 is 0 Å². The molecule has 1 aliphatic heterocycles.